The van der Waals surface area contributed by atoms with Crippen LogP contribution in [0.4, 0.5) is 0 Å². The Hall–Kier alpha value is -1.48. The number of nitrogens with zero attached hydrogens (tertiary/aromatic N) is 1. The number of para-hydroxylation sites is 1. The van der Waals surface area contributed by atoms with Crippen molar-refractivity contribution in [1.82, 2.24) is 9.97 Å². The van der Waals surface area contributed by atoms with Crippen molar-refractivity contribution in [2.45, 2.75) is 26.1 Å². The summed E-state index contributed by atoms with van der Waals surface area (Å²) in [5.74, 6) is 1.95. The normalized spacial score (nSPS) is 12.7. The van der Waals surface area contributed by atoms with Crippen molar-refractivity contribution in [1.29, 1.82) is 0 Å². The lowest BCUT2D eigenvalue weighted by atomic mass is 10.1. The van der Waals surface area contributed by atoms with Gasteiger partial charge < -0.3 is 9.72 Å². The van der Waals surface area contributed by atoms with E-state index >= 15 is 0 Å². The third-order valence-electron chi connectivity index (χ3n) is 3.13. The molecule has 0 amide bonds. The summed E-state index contributed by atoms with van der Waals surface area (Å²) in [6, 6.07) is 7.82. The predicted molar refractivity (Wildman–Crippen MR) is 78.7 cm³/mol. The number of ether oxygens (including phenoxy) is 1. The predicted octanol–water partition coefficient (Wildman–Crippen LogP) is 4.33. The summed E-state index contributed by atoms with van der Waals surface area (Å²) in [4.78, 5) is 7.94. The van der Waals surface area contributed by atoms with Gasteiger partial charge in [-0.05, 0) is 25.0 Å². The molecule has 0 radical (unpaired) electrons. The topological polar surface area (TPSA) is 37.9 Å². The average molecular weight is 279 g/mol. The van der Waals surface area contributed by atoms with Crippen LogP contribution < -0.4 is 4.74 Å². The number of aryl methyl sites for hydroxylation is 1. The lowest BCUT2D eigenvalue weighted by molar-refractivity contribution is 0.416. The van der Waals surface area contributed by atoms with Crippen molar-refractivity contribution in [3.8, 4) is 17.1 Å². The van der Waals surface area contributed by atoms with Crippen LogP contribution in [0.1, 0.15) is 30.6 Å². The molecule has 0 spiro atoms. The lowest BCUT2D eigenvalue weighted by Gasteiger charge is -2.11. The second-order valence-electron chi connectivity index (χ2n) is 4.94. The van der Waals surface area contributed by atoms with E-state index in [2.05, 4.69) is 23.8 Å². The number of H-pyrrole nitrogens is 1. The van der Waals surface area contributed by atoms with E-state index in [-0.39, 0.29) is 5.38 Å². The highest BCUT2D eigenvalue weighted by atomic mass is 35.5. The molecule has 102 valence electrons. The zero-order chi connectivity index (χ0) is 14.0. The molecule has 1 N–H and O–H groups in total. The van der Waals surface area contributed by atoms with Crippen LogP contribution in [0.2, 0.25) is 0 Å². The molecule has 0 aliphatic carbocycles. The van der Waals surface area contributed by atoms with Crippen LogP contribution in [0.15, 0.2) is 24.3 Å². The van der Waals surface area contributed by atoms with Gasteiger partial charge in [0.15, 0.2) is 0 Å². The number of benzene rings is 1. The number of hydrogen-bond acceptors (Lipinski definition) is 2. The first-order chi connectivity index (χ1) is 9.04. The fourth-order valence-corrected chi connectivity index (χ4v) is 2.24. The molecule has 4 heteroatoms. The van der Waals surface area contributed by atoms with Crippen molar-refractivity contribution in [3.05, 3.63) is 35.7 Å². The number of rotatable bonds is 4. The van der Waals surface area contributed by atoms with Gasteiger partial charge in [0.2, 0.25) is 0 Å². The van der Waals surface area contributed by atoms with Crippen LogP contribution in [0, 0.1) is 12.8 Å². The minimum Gasteiger partial charge on any atom is -0.496 e. The highest BCUT2D eigenvalue weighted by Crippen LogP contribution is 2.33. The maximum absolute atomic E-state index is 6.41. The molecule has 0 saturated heterocycles. The molecular weight excluding hydrogens is 260 g/mol. The van der Waals surface area contributed by atoms with Gasteiger partial charge in [0.05, 0.1) is 23.7 Å². The zero-order valence-electron chi connectivity index (χ0n) is 11.7. The van der Waals surface area contributed by atoms with Crippen molar-refractivity contribution >= 4 is 11.6 Å². The van der Waals surface area contributed by atoms with Gasteiger partial charge in [0.1, 0.15) is 11.6 Å². The lowest BCUT2D eigenvalue weighted by Crippen LogP contribution is -2.01. The maximum atomic E-state index is 6.41. The van der Waals surface area contributed by atoms with Crippen LogP contribution in [0.5, 0.6) is 5.75 Å². The first kappa shape index (κ1) is 13.9. The molecule has 0 fully saturated rings. The van der Waals surface area contributed by atoms with Gasteiger partial charge in [-0.2, -0.15) is 0 Å². The van der Waals surface area contributed by atoms with E-state index in [0.717, 1.165) is 28.5 Å². The van der Waals surface area contributed by atoms with Gasteiger partial charge in [-0.1, -0.05) is 26.0 Å². The van der Waals surface area contributed by atoms with Gasteiger partial charge >= 0.3 is 0 Å². The molecule has 0 bridgehead atoms. The number of aromatic amines is 1. The zero-order valence-corrected chi connectivity index (χ0v) is 12.5. The number of aromatic nitrogens is 2. The fourth-order valence-electron chi connectivity index (χ4n) is 2.03. The Morgan fingerprint density at radius 3 is 2.58 bits per heavy atom. The van der Waals surface area contributed by atoms with Crippen LogP contribution in [-0.2, 0) is 0 Å². The third kappa shape index (κ3) is 2.76. The Morgan fingerprint density at radius 2 is 1.95 bits per heavy atom. The Morgan fingerprint density at radius 1 is 1.26 bits per heavy atom. The summed E-state index contributed by atoms with van der Waals surface area (Å²) in [6.45, 7) is 6.18. The molecule has 0 saturated carbocycles. The first-order valence-corrected chi connectivity index (χ1v) is 6.82. The Labute approximate surface area is 119 Å². The number of imidazole rings is 1. The van der Waals surface area contributed by atoms with Crippen LogP contribution in [0.3, 0.4) is 0 Å². The Kier molecular flexibility index (Phi) is 4.15. The Balaban J connectivity index is 2.45. The van der Waals surface area contributed by atoms with Crippen molar-refractivity contribution in [3.63, 3.8) is 0 Å². The largest absolute Gasteiger partial charge is 0.496 e. The van der Waals surface area contributed by atoms with E-state index in [1.54, 1.807) is 7.11 Å². The molecule has 2 aromatic rings. The molecule has 2 rings (SSSR count). The van der Waals surface area contributed by atoms with Gasteiger partial charge in [-0.25, -0.2) is 4.98 Å². The number of hydrogen-bond donors (Lipinski definition) is 1. The van der Waals surface area contributed by atoms with Crippen LogP contribution >= 0.6 is 11.6 Å². The summed E-state index contributed by atoms with van der Waals surface area (Å²) in [7, 11) is 1.66. The van der Waals surface area contributed by atoms with Crippen molar-refractivity contribution in [2.24, 2.45) is 5.92 Å². The van der Waals surface area contributed by atoms with E-state index in [9.17, 15) is 0 Å². The molecule has 1 aromatic heterocycles. The van der Waals surface area contributed by atoms with Gasteiger partial charge in [-0.15, -0.1) is 11.6 Å². The molecule has 1 unspecified atom stereocenters. The minimum atomic E-state index is -0.0836. The average Bonchev–Trinajstić information content (AvgIpc) is 2.79. The number of alkyl halides is 1. The number of methoxy groups -OCH3 is 1. The van der Waals surface area contributed by atoms with Gasteiger partial charge in [-0.3, -0.25) is 0 Å². The van der Waals surface area contributed by atoms with E-state index < -0.39 is 0 Å². The molecule has 1 atom stereocenters. The summed E-state index contributed by atoms with van der Waals surface area (Å²) >= 11 is 6.41. The summed E-state index contributed by atoms with van der Waals surface area (Å²) in [6.07, 6.45) is 0. The third-order valence-corrected chi connectivity index (χ3v) is 3.84. The fraction of sp³-hybridized carbons (Fsp3) is 0.400. The summed E-state index contributed by atoms with van der Waals surface area (Å²) in [5.41, 5.74) is 2.87. The van der Waals surface area contributed by atoms with Gasteiger partial charge in [0, 0.05) is 5.69 Å². The number of nitrogens with one attached hydrogen (secondary N) is 1. The summed E-state index contributed by atoms with van der Waals surface area (Å²) < 4.78 is 5.36. The van der Waals surface area contributed by atoms with Crippen LogP contribution in [-0.4, -0.2) is 17.1 Å². The maximum Gasteiger partial charge on any atom is 0.141 e. The van der Waals surface area contributed by atoms with Crippen molar-refractivity contribution in [2.75, 3.05) is 7.11 Å². The number of halogens is 1. The van der Waals surface area contributed by atoms with E-state index in [1.165, 1.54) is 0 Å². The molecule has 19 heavy (non-hydrogen) atoms. The minimum absolute atomic E-state index is 0.0836. The van der Waals surface area contributed by atoms with Gasteiger partial charge in [0.25, 0.3) is 0 Å². The van der Waals surface area contributed by atoms with E-state index in [4.69, 9.17) is 16.3 Å². The highest BCUT2D eigenvalue weighted by molar-refractivity contribution is 6.20. The molecule has 0 aliphatic heterocycles. The highest BCUT2D eigenvalue weighted by Gasteiger charge is 2.20. The van der Waals surface area contributed by atoms with E-state index in [1.807, 2.05) is 31.2 Å². The van der Waals surface area contributed by atoms with Crippen molar-refractivity contribution < 1.29 is 4.74 Å². The summed E-state index contributed by atoms with van der Waals surface area (Å²) in [5, 5.41) is -0.0836. The first-order valence-electron chi connectivity index (χ1n) is 6.38. The monoisotopic (exact) mass is 278 g/mol. The molecule has 1 aromatic carbocycles. The second-order valence-corrected chi connectivity index (χ2v) is 5.41. The molecule has 0 aliphatic rings. The van der Waals surface area contributed by atoms with E-state index in [0.29, 0.717) is 5.92 Å². The quantitative estimate of drug-likeness (QED) is 0.845. The van der Waals surface area contributed by atoms with Crippen LogP contribution in [0.25, 0.3) is 11.4 Å². The molecule has 1 heterocycles. The second kappa shape index (κ2) is 5.66. The standard InChI is InChI=1S/C15H19ClN2O/c1-9(2)13(16)14-10(3)17-15(18-14)11-7-5-6-8-12(11)19-4/h5-9,13H,1-4H3,(H,17,18). The smallest absolute Gasteiger partial charge is 0.141 e. The molecule has 3 nitrogen and oxygen atoms in total. The Bertz CT molecular complexity index is 563. The SMILES string of the molecule is COc1ccccc1-c1nc(C(Cl)C(C)C)c(C)[nH]1. The molecular formula is C15H19ClN2O.